The van der Waals surface area contributed by atoms with Crippen molar-refractivity contribution >= 4 is 33.6 Å². The van der Waals surface area contributed by atoms with Crippen molar-refractivity contribution in [2.75, 3.05) is 18.6 Å². The number of hydrogen-bond donors (Lipinski definition) is 1. The van der Waals surface area contributed by atoms with E-state index < -0.39 is 5.66 Å². The second-order valence-corrected chi connectivity index (χ2v) is 8.18. The number of hydrogen-bond acceptors (Lipinski definition) is 3. The van der Waals surface area contributed by atoms with E-state index in [1.165, 1.54) is 5.56 Å². The van der Waals surface area contributed by atoms with Crippen LogP contribution >= 0.6 is 15.9 Å². The molecule has 0 radical (unpaired) electrons. The molecular weight excluding hydrogens is 392 g/mol. The predicted octanol–water partition coefficient (Wildman–Crippen LogP) is 4.09. The van der Waals surface area contributed by atoms with Crippen LogP contribution in [-0.4, -0.2) is 25.2 Å². The minimum Gasteiger partial charge on any atom is -0.496 e. The van der Waals surface area contributed by atoms with E-state index in [2.05, 4.69) is 64.3 Å². The first kappa shape index (κ1) is 17.2. The van der Waals surface area contributed by atoms with Crippen molar-refractivity contribution in [2.45, 2.75) is 24.9 Å². The maximum atomic E-state index is 12.3. The molecule has 0 aliphatic carbocycles. The highest BCUT2D eigenvalue weighted by Gasteiger charge is 2.59. The summed E-state index contributed by atoms with van der Waals surface area (Å²) >= 11 is 3.52. The summed E-state index contributed by atoms with van der Waals surface area (Å²) < 4.78 is 6.47. The fraction of sp³-hybridized carbons (Fsp3) is 0.286. The van der Waals surface area contributed by atoms with Crippen LogP contribution in [0.2, 0.25) is 0 Å². The summed E-state index contributed by atoms with van der Waals surface area (Å²) in [7, 11) is 1.66. The van der Waals surface area contributed by atoms with Crippen LogP contribution in [0, 0.1) is 0 Å². The fourth-order valence-corrected chi connectivity index (χ4v) is 4.56. The van der Waals surface area contributed by atoms with Gasteiger partial charge in [0.2, 0.25) is 5.91 Å². The van der Waals surface area contributed by atoms with Gasteiger partial charge < -0.3 is 15.0 Å². The summed E-state index contributed by atoms with van der Waals surface area (Å²) in [6.45, 7) is 4.72. The van der Waals surface area contributed by atoms with Crippen LogP contribution < -0.4 is 15.0 Å². The van der Waals surface area contributed by atoms with Crippen molar-refractivity contribution in [2.24, 2.45) is 0 Å². The van der Waals surface area contributed by atoms with Gasteiger partial charge in [0.15, 0.2) is 0 Å². The minimum absolute atomic E-state index is 0.0402. The van der Waals surface area contributed by atoms with Crippen LogP contribution in [0.25, 0.3) is 6.08 Å². The predicted molar refractivity (Wildman–Crippen MR) is 107 cm³/mol. The Hall–Kier alpha value is -2.27. The molecule has 0 spiro atoms. The summed E-state index contributed by atoms with van der Waals surface area (Å²) in [5.41, 5.74) is 2.45. The van der Waals surface area contributed by atoms with Crippen molar-refractivity contribution < 1.29 is 9.53 Å². The molecule has 0 saturated carbocycles. The molecule has 0 aromatic heterocycles. The molecule has 26 heavy (non-hydrogen) atoms. The van der Waals surface area contributed by atoms with Gasteiger partial charge in [0.25, 0.3) is 0 Å². The quantitative estimate of drug-likeness (QED) is 0.824. The molecule has 1 N–H and O–H groups in total. The first-order chi connectivity index (χ1) is 12.4. The molecule has 1 saturated heterocycles. The maximum absolute atomic E-state index is 12.3. The summed E-state index contributed by atoms with van der Waals surface area (Å²) in [5, 5.41) is 3.24. The third-order valence-corrected chi connectivity index (χ3v) is 6.07. The van der Waals surface area contributed by atoms with Gasteiger partial charge in [0.1, 0.15) is 11.4 Å². The molecule has 5 heteroatoms. The lowest BCUT2D eigenvalue weighted by atomic mass is 9.75. The Kier molecular flexibility index (Phi) is 3.88. The van der Waals surface area contributed by atoms with Gasteiger partial charge >= 0.3 is 0 Å². The standard InChI is InChI=1S/C21H21BrN2O2/c1-20(2)16-6-4-5-7-17(16)24-13-19(25)23-21(20,24)11-10-14-12-15(22)8-9-18(14)26-3/h4-12H,13H2,1-3H3,(H,23,25)/b11-10+. The van der Waals surface area contributed by atoms with Crippen LogP contribution in [0.5, 0.6) is 5.75 Å². The molecule has 2 heterocycles. The number of benzene rings is 2. The van der Waals surface area contributed by atoms with E-state index in [0.29, 0.717) is 6.54 Å². The first-order valence-corrected chi connectivity index (χ1v) is 9.39. The minimum atomic E-state index is -0.596. The fourth-order valence-electron chi connectivity index (χ4n) is 4.19. The van der Waals surface area contributed by atoms with Crippen molar-refractivity contribution in [3.8, 4) is 5.75 Å². The molecule has 2 aliphatic heterocycles. The molecular formula is C21H21BrN2O2. The zero-order valence-corrected chi connectivity index (χ0v) is 16.6. The zero-order valence-electron chi connectivity index (χ0n) is 15.0. The summed E-state index contributed by atoms with van der Waals surface area (Å²) in [6, 6.07) is 14.2. The number of amides is 1. The molecule has 1 atom stereocenters. The highest BCUT2D eigenvalue weighted by atomic mass is 79.9. The highest BCUT2D eigenvalue weighted by molar-refractivity contribution is 9.10. The van der Waals surface area contributed by atoms with Gasteiger partial charge in [-0.25, -0.2) is 0 Å². The van der Waals surface area contributed by atoms with E-state index in [0.717, 1.165) is 21.5 Å². The van der Waals surface area contributed by atoms with Crippen molar-refractivity contribution in [1.29, 1.82) is 0 Å². The van der Waals surface area contributed by atoms with Crippen LogP contribution in [0.1, 0.15) is 25.0 Å². The van der Waals surface area contributed by atoms with Crippen LogP contribution in [-0.2, 0) is 10.2 Å². The van der Waals surface area contributed by atoms with Gasteiger partial charge in [-0.1, -0.05) is 54.1 Å². The molecule has 0 bridgehead atoms. The Bertz CT molecular complexity index is 922. The molecule has 2 aromatic rings. The van der Waals surface area contributed by atoms with Crippen LogP contribution in [0.3, 0.4) is 0 Å². The number of rotatable bonds is 3. The molecule has 1 amide bonds. The molecule has 4 rings (SSSR count). The number of ether oxygens (including phenoxy) is 1. The normalized spacial score (nSPS) is 23.1. The Morgan fingerprint density at radius 2 is 2.00 bits per heavy atom. The third kappa shape index (κ3) is 2.30. The lowest BCUT2D eigenvalue weighted by molar-refractivity contribution is -0.118. The first-order valence-electron chi connectivity index (χ1n) is 8.60. The summed E-state index contributed by atoms with van der Waals surface area (Å²) in [4.78, 5) is 14.5. The lowest BCUT2D eigenvalue weighted by Crippen LogP contribution is -2.58. The number of nitrogens with zero attached hydrogens (tertiary/aromatic N) is 1. The number of para-hydroxylation sites is 1. The molecule has 4 nitrogen and oxygen atoms in total. The Morgan fingerprint density at radius 3 is 2.77 bits per heavy atom. The molecule has 2 aromatic carbocycles. The maximum Gasteiger partial charge on any atom is 0.241 e. The van der Waals surface area contributed by atoms with Gasteiger partial charge in [-0.05, 0) is 35.9 Å². The molecule has 2 aliphatic rings. The highest BCUT2D eigenvalue weighted by Crippen LogP contribution is 2.52. The zero-order chi connectivity index (χ0) is 18.5. The average molecular weight is 413 g/mol. The smallest absolute Gasteiger partial charge is 0.241 e. The van der Waals surface area contributed by atoms with E-state index in [4.69, 9.17) is 4.74 Å². The second-order valence-electron chi connectivity index (χ2n) is 7.26. The van der Waals surface area contributed by atoms with E-state index in [-0.39, 0.29) is 11.3 Å². The third-order valence-electron chi connectivity index (χ3n) is 5.57. The summed E-state index contributed by atoms with van der Waals surface area (Å²) in [5.74, 6) is 0.837. The van der Waals surface area contributed by atoms with E-state index in [9.17, 15) is 4.79 Å². The number of anilines is 1. The van der Waals surface area contributed by atoms with Gasteiger partial charge in [0.05, 0.1) is 13.7 Å². The van der Waals surface area contributed by atoms with Gasteiger partial charge in [-0.3, -0.25) is 4.79 Å². The number of carbonyl (C=O) groups excluding carboxylic acids is 1. The average Bonchev–Trinajstić information content (AvgIpc) is 3.05. The van der Waals surface area contributed by atoms with E-state index in [1.54, 1.807) is 7.11 Å². The largest absolute Gasteiger partial charge is 0.496 e. The van der Waals surface area contributed by atoms with Crippen molar-refractivity contribution in [1.82, 2.24) is 5.32 Å². The van der Waals surface area contributed by atoms with Gasteiger partial charge in [-0.15, -0.1) is 0 Å². The number of methoxy groups -OCH3 is 1. The van der Waals surface area contributed by atoms with E-state index in [1.807, 2.05) is 30.3 Å². The Morgan fingerprint density at radius 1 is 1.23 bits per heavy atom. The molecule has 1 unspecified atom stereocenters. The van der Waals surface area contributed by atoms with Gasteiger partial charge in [-0.2, -0.15) is 0 Å². The van der Waals surface area contributed by atoms with Gasteiger partial charge in [0, 0.05) is 21.1 Å². The van der Waals surface area contributed by atoms with Crippen molar-refractivity contribution in [3.05, 3.63) is 64.1 Å². The van der Waals surface area contributed by atoms with E-state index >= 15 is 0 Å². The van der Waals surface area contributed by atoms with Crippen LogP contribution in [0.4, 0.5) is 5.69 Å². The Labute approximate surface area is 162 Å². The van der Waals surface area contributed by atoms with Crippen LogP contribution in [0.15, 0.2) is 53.0 Å². The number of carbonyl (C=O) groups is 1. The Balaban J connectivity index is 1.84. The lowest BCUT2D eigenvalue weighted by Gasteiger charge is -2.40. The van der Waals surface area contributed by atoms with Crippen molar-refractivity contribution in [3.63, 3.8) is 0 Å². The second kappa shape index (κ2) is 5.88. The number of nitrogens with one attached hydrogen (secondary N) is 1. The SMILES string of the molecule is COc1ccc(Br)cc1/C=C/C12NC(=O)CN1c1ccccc1C2(C)C. The monoisotopic (exact) mass is 412 g/mol. The topological polar surface area (TPSA) is 41.6 Å². The number of halogens is 1. The molecule has 1 fully saturated rings. The number of fused-ring (bicyclic) bond motifs is 3. The molecule has 134 valence electrons. The summed E-state index contributed by atoms with van der Waals surface area (Å²) in [6.07, 6.45) is 4.14.